The molecule has 7 nitrogen and oxygen atoms in total. The topological polar surface area (TPSA) is 83.6 Å². The summed E-state index contributed by atoms with van der Waals surface area (Å²) in [5, 5.41) is 4.82. The van der Waals surface area contributed by atoms with Crippen LogP contribution < -0.4 is 4.74 Å². The van der Waals surface area contributed by atoms with Crippen molar-refractivity contribution in [2.75, 3.05) is 13.2 Å². The Kier molecular flexibility index (Phi) is 7.57. The molecule has 0 amide bonds. The number of aromatic nitrogens is 2. The third-order valence-corrected chi connectivity index (χ3v) is 7.38. The predicted octanol–water partition coefficient (Wildman–Crippen LogP) is 7.39. The van der Waals surface area contributed by atoms with Gasteiger partial charge in [0, 0.05) is 51.8 Å². The Morgan fingerprint density at radius 1 is 1.15 bits per heavy atom. The first-order chi connectivity index (χ1) is 18.7. The minimum Gasteiger partial charge on any atom is -0.494 e. The van der Waals surface area contributed by atoms with Gasteiger partial charge >= 0.3 is 5.97 Å². The van der Waals surface area contributed by atoms with E-state index in [0.717, 1.165) is 50.2 Å². The first-order valence-corrected chi connectivity index (χ1v) is 14.0. The minimum atomic E-state index is -0.223. The number of fused-ring (bicyclic) bond motifs is 2. The number of hydrogen-bond donors (Lipinski definition) is 0. The Balaban J connectivity index is 1.33. The van der Waals surface area contributed by atoms with E-state index in [1.807, 2.05) is 42.6 Å². The molecule has 0 aliphatic carbocycles. The lowest BCUT2D eigenvalue weighted by Crippen LogP contribution is -2.11. The maximum Gasteiger partial charge on any atom is 0.305 e. The summed E-state index contributed by atoms with van der Waals surface area (Å²) in [6.07, 6.45) is 3.62. The fraction of sp³-hybridized carbons (Fsp3) is 0.323. The lowest BCUT2D eigenvalue weighted by molar-refractivity contribution is -0.143. The molecule has 5 rings (SSSR count). The zero-order valence-electron chi connectivity index (χ0n) is 22.7. The molecule has 5 aromatic rings. The largest absolute Gasteiger partial charge is 0.494 e. The lowest BCUT2D eigenvalue weighted by Gasteiger charge is -2.13. The van der Waals surface area contributed by atoms with Crippen LogP contribution in [0.1, 0.15) is 62.2 Å². The molecule has 0 radical (unpaired) electrons. The molecule has 3 aromatic heterocycles. The molecule has 0 unspecified atom stereocenters. The van der Waals surface area contributed by atoms with E-state index in [9.17, 15) is 9.59 Å². The zero-order valence-corrected chi connectivity index (χ0v) is 23.5. The van der Waals surface area contributed by atoms with Crippen molar-refractivity contribution in [3.63, 3.8) is 0 Å². The van der Waals surface area contributed by atoms with Crippen molar-refractivity contribution in [3.05, 3.63) is 70.9 Å². The maximum atomic E-state index is 11.8. The van der Waals surface area contributed by atoms with E-state index in [1.54, 1.807) is 18.3 Å². The normalized spacial score (nSPS) is 11.8. The average molecular weight is 545 g/mol. The maximum absolute atomic E-state index is 11.8. The van der Waals surface area contributed by atoms with Crippen LogP contribution in [0, 0.1) is 0 Å². The molecule has 0 fully saturated rings. The van der Waals surface area contributed by atoms with Gasteiger partial charge in [-0.25, -0.2) is 4.98 Å². The van der Waals surface area contributed by atoms with Crippen LogP contribution in [-0.4, -0.2) is 35.0 Å². The number of rotatable bonds is 10. The van der Waals surface area contributed by atoms with Gasteiger partial charge in [0.25, 0.3) is 0 Å². The first-order valence-electron chi connectivity index (χ1n) is 13.1. The SMILES string of the molecule is CCOC(=O)CCCOc1ccc2c(c1)c(C=O)cn2Cc1ccc2oc(-c3nc(C(C)(C)C)cs3)cc2c1. The highest BCUT2D eigenvalue weighted by molar-refractivity contribution is 7.13. The molecule has 0 N–H and O–H groups in total. The fourth-order valence-corrected chi connectivity index (χ4v) is 5.48. The molecule has 0 bridgehead atoms. The van der Waals surface area contributed by atoms with E-state index in [4.69, 9.17) is 18.9 Å². The first kappa shape index (κ1) is 26.7. The number of aldehydes is 1. The highest BCUT2D eigenvalue weighted by Gasteiger charge is 2.19. The highest BCUT2D eigenvalue weighted by Crippen LogP contribution is 2.34. The number of furan rings is 1. The van der Waals surface area contributed by atoms with E-state index in [0.29, 0.717) is 43.9 Å². The number of ether oxygens (including phenoxy) is 2. The molecule has 0 saturated heterocycles. The third-order valence-electron chi connectivity index (χ3n) is 6.53. The molecule has 0 atom stereocenters. The van der Waals surface area contributed by atoms with E-state index >= 15 is 0 Å². The van der Waals surface area contributed by atoms with Crippen molar-refractivity contribution in [1.82, 2.24) is 9.55 Å². The molecular formula is C31H32N2O5S. The van der Waals surface area contributed by atoms with Crippen molar-refractivity contribution in [3.8, 4) is 16.5 Å². The minimum absolute atomic E-state index is 0.00908. The molecule has 0 aliphatic rings. The van der Waals surface area contributed by atoms with E-state index in [2.05, 4.69) is 36.8 Å². The molecule has 0 spiro atoms. The van der Waals surface area contributed by atoms with E-state index in [1.165, 1.54) is 0 Å². The van der Waals surface area contributed by atoms with Crippen LogP contribution in [0.4, 0.5) is 0 Å². The standard InChI is InChI=1S/C31H32N2O5S/c1-5-36-29(35)7-6-12-37-23-9-10-25-24(15-23)22(18-34)17-33(25)16-20-8-11-26-21(13-20)14-27(38-26)30-32-28(19-39-30)31(2,3)4/h8-11,13-15,17-19H,5-7,12,16H2,1-4H3. The van der Waals surface area contributed by atoms with Crippen LogP contribution in [0.3, 0.4) is 0 Å². The average Bonchev–Trinajstić information content (AvgIpc) is 3.63. The summed E-state index contributed by atoms with van der Waals surface area (Å²) in [4.78, 5) is 28.1. The van der Waals surface area contributed by atoms with Gasteiger partial charge in [0.2, 0.25) is 0 Å². The van der Waals surface area contributed by atoms with Crippen LogP contribution in [-0.2, 0) is 21.5 Å². The summed E-state index contributed by atoms with van der Waals surface area (Å²) in [6.45, 7) is 9.63. The molecule has 0 aliphatic heterocycles. The zero-order chi connectivity index (χ0) is 27.6. The number of benzene rings is 2. The van der Waals surface area contributed by atoms with Crippen molar-refractivity contribution < 1.29 is 23.5 Å². The van der Waals surface area contributed by atoms with Crippen molar-refractivity contribution in [1.29, 1.82) is 0 Å². The number of carbonyl (C=O) groups excluding carboxylic acids is 2. The van der Waals surface area contributed by atoms with E-state index in [-0.39, 0.29) is 11.4 Å². The highest BCUT2D eigenvalue weighted by atomic mass is 32.1. The number of hydrogen-bond acceptors (Lipinski definition) is 7. The number of nitrogens with zero attached hydrogens (tertiary/aromatic N) is 2. The Morgan fingerprint density at radius 3 is 2.74 bits per heavy atom. The Hall–Kier alpha value is -3.91. The predicted molar refractivity (Wildman–Crippen MR) is 154 cm³/mol. The van der Waals surface area contributed by atoms with Crippen LogP contribution in [0.25, 0.3) is 32.6 Å². The molecule has 3 heterocycles. The molecular weight excluding hydrogens is 512 g/mol. The van der Waals surface area contributed by atoms with Gasteiger partial charge in [-0.2, -0.15) is 0 Å². The molecule has 0 saturated carbocycles. The summed E-state index contributed by atoms with van der Waals surface area (Å²) in [7, 11) is 0. The molecule has 8 heteroatoms. The van der Waals surface area contributed by atoms with Gasteiger partial charge in [0.15, 0.2) is 17.1 Å². The number of carbonyl (C=O) groups is 2. The van der Waals surface area contributed by atoms with Gasteiger partial charge in [-0.3, -0.25) is 9.59 Å². The van der Waals surface area contributed by atoms with Gasteiger partial charge in [-0.15, -0.1) is 11.3 Å². The monoisotopic (exact) mass is 544 g/mol. The summed E-state index contributed by atoms with van der Waals surface area (Å²) in [5.74, 6) is 1.21. The van der Waals surface area contributed by atoms with Gasteiger partial charge in [0.05, 0.1) is 18.9 Å². The molecule has 202 valence electrons. The van der Waals surface area contributed by atoms with E-state index < -0.39 is 0 Å². The Labute approximate surface area is 231 Å². The summed E-state index contributed by atoms with van der Waals surface area (Å²) in [6, 6.07) is 13.9. The Bertz CT molecular complexity index is 1640. The van der Waals surface area contributed by atoms with Gasteiger partial charge in [-0.05, 0) is 55.3 Å². The van der Waals surface area contributed by atoms with Crippen LogP contribution in [0.5, 0.6) is 5.75 Å². The second kappa shape index (κ2) is 11.1. The Morgan fingerprint density at radius 2 is 2.00 bits per heavy atom. The summed E-state index contributed by atoms with van der Waals surface area (Å²) in [5.41, 5.74) is 4.51. The van der Waals surface area contributed by atoms with Crippen LogP contribution >= 0.6 is 11.3 Å². The molecule has 2 aromatic carbocycles. The second-order valence-corrected chi connectivity index (χ2v) is 11.4. The second-order valence-electron chi connectivity index (χ2n) is 10.5. The van der Waals surface area contributed by atoms with Crippen molar-refractivity contribution in [2.45, 2.75) is 52.5 Å². The third kappa shape index (κ3) is 5.91. The molecule has 39 heavy (non-hydrogen) atoms. The van der Waals surface area contributed by atoms with Gasteiger partial charge in [0.1, 0.15) is 11.3 Å². The fourth-order valence-electron chi connectivity index (χ4n) is 4.48. The van der Waals surface area contributed by atoms with Crippen LogP contribution in [0.15, 0.2) is 58.5 Å². The number of esters is 1. The van der Waals surface area contributed by atoms with Gasteiger partial charge < -0.3 is 18.5 Å². The summed E-state index contributed by atoms with van der Waals surface area (Å²) >= 11 is 1.60. The lowest BCUT2D eigenvalue weighted by atomic mass is 9.93. The summed E-state index contributed by atoms with van der Waals surface area (Å²) < 4.78 is 19.0. The van der Waals surface area contributed by atoms with Gasteiger partial charge in [-0.1, -0.05) is 26.8 Å². The van der Waals surface area contributed by atoms with Crippen molar-refractivity contribution >= 4 is 45.5 Å². The van der Waals surface area contributed by atoms with Crippen LogP contribution in [0.2, 0.25) is 0 Å². The van der Waals surface area contributed by atoms with Crippen molar-refractivity contribution in [2.24, 2.45) is 0 Å². The number of thiazole rings is 1. The quantitative estimate of drug-likeness (QED) is 0.104. The smallest absolute Gasteiger partial charge is 0.305 e.